The van der Waals surface area contributed by atoms with Crippen molar-refractivity contribution in [3.05, 3.63) is 64.7 Å². The summed E-state index contributed by atoms with van der Waals surface area (Å²) >= 11 is 0. The van der Waals surface area contributed by atoms with Crippen LogP contribution in [0.4, 0.5) is 8.78 Å². The minimum absolute atomic E-state index is 0.201. The molecule has 0 bridgehead atoms. The largest absolute Gasteiger partial charge is 0.492 e. The van der Waals surface area contributed by atoms with Crippen LogP contribution in [0.1, 0.15) is 21.5 Å². The van der Waals surface area contributed by atoms with Crippen LogP contribution in [0.5, 0.6) is 5.75 Å². The summed E-state index contributed by atoms with van der Waals surface area (Å²) in [5, 5.41) is 0. The maximum atomic E-state index is 13.6. The van der Waals surface area contributed by atoms with Gasteiger partial charge in [-0.2, -0.15) is 0 Å². The number of rotatable bonds is 3. The predicted molar refractivity (Wildman–Crippen MR) is 70.0 cm³/mol. The molecule has 0 aliphatic carbocycles. The molecule has 1 aliphatic rings. The van der Waals surface area contributed by atoms with Gasteiger partial charge in [0.15, 0.2) is 5.78 Å². The summed E-state index contributed by atoms with van der Waals surface area (Å²) < 4.78 is 32.6. The molecule has 1 aliphatic heterocycles. The number of carbonyl (C=O) groups is 1. The summed E-state index contributed by atoms with van der Waals surface area (Å²) in [6, 6.07) is 8.86. The zero-order valence-corrected chi connectivity index (χ0v) is 10.7. The molecule has 0 spiro atoms. The van der Waals surface area contributed by atoms with Gasteiger partial charge < -0.3 is 4.74 Å². The third-order valence-corrected chi connectivity index (χ3v) is 3.41. The molecule has 2 aromatic rings. The summed E-state index contributed by atoms with van der Waals surface area (Å²) in [7, 11) is 0. The lowest BCUT2D eigenvalue weighted by atomic mass is 9.99. The molecular formula is C16H12F2O2. The van der Waals surface area contributed by atoms with Crippen LogP contribution in [-0.2, 0) is 12.8 Å². The second kappa shape index (κ2) is 5.04. The van der Waals surface area contributed by atoms with E-state index in [0.717, 1.165) is 24.1 Å². The van der Waals surface area contributed by atoms with Gasteiger partial charge in [0.1, 0.15) is 17.4 Å². The van der Waals surface area contributed by atoms with Crippen molar-refractivity contribution in [2.75, 3.05) is 6.61 Å². The zero-order chi connectivity index (χ0) is 14.1. The molecule has 2 nitrogen and oxygen atoms in total. The van der Waals surface area contributed by atoms with Crippen LogP contribution >= 0.6 is 0 Å². The summed E-state index contributed by atoms with van der Waals surface area (Å²) in [5.41, 5.74) is 1.15. The molecular weight excluding hydrogens is 262 g/mol. The molecule has 0 saturated heterocycles. The van der Waals surface area contributed by atoms with Crippen molar-refractivity contribution >= 4 is 5.78 Å². The van der Waals surface area contributed by atoms with E-state index in [9.17, 15) is 13.6 Å². The van der Waals surface area contributed by atoms with Gasteiger partial charge in [0, 0.05) is 18.4 Å². The number of Topliss-reactive ketones (excluding diaryl/α,β-unsaturated/α-hetero) is 1. The minimum atomic E-state index is -0.702. The highest BCUT2D eigenvalue weighted by atomic mass is 19.1. The van der Waals surface area contributed by atoms with Crippen LogP contribution in [0, 0.1) is 11.6 Å². The number of para-hydroxylation sites is 1. The van der Waals surface area contributed by atoms with Crippen LogP contribution in [0.3, 0.4) is 0 Å². The van der Waals surface area contributed by atoms with E-state index in [4.69, 9.17) is 4.74 Å². The smallest absolute Gasteiger partial charge is 0.171 e. The topological polar surface area (TPSA) is 26.3 Å². The number of benzene rings is 2. The van der Waals surface area contributed by atoms with Crippen molar-refractivity contribution in [3.63, 3.8) is 0 Å². The number of ether oxygens (including phenoxy) is 1. The molecule has 4 heteroatoms. The van der Waals surface area contributed by atoms with Crippen molar-refractivity contribution in [2.24, 2.45) is 0 Å². The third kappa shape index (κ3) is 2.18. The molecule has 0 saturated carbocycles. The van der Waals surface area contributed by atoms with E-state index in [2.05, 4.69) is 0 Å². The van der Waals surface area contributed by atoms with Gasteiger partial charge in [-0.1, -0.05) is 18.2 Å². The van der Waals surface area contributed by atoms with E-state index in [1.807, 2.05) is 6.07 Å². The molecule has 0 atom stereocenters. The Morgan fingerprint density at radius 1 is 1.10 bits per heavy atom. The number of fused-ring (bicyclic) bond motifs is 1. The lowest BCUT2D eigenvalue weighted by Crippen LogP contribution is -2.08. The Morgan fingerprint density at radius 2 is 1.80 bits per heavy atom. The molecule has 0 fully saturated rings. The van der Waals surface area contributed by atoms with Gasteiger partial charge in [0.05, 0.1) is 12.2 Å². The highest BCUT2D eigenvalue weighted by Gasteiger charge is 2.22. The first-order chi connectivity index (χ1) is 9.66. The molecule has 20 heavy (non-hydrogen) atoms. The Morgan fingerprint density at radius 3 is 2.55 bits per heavy atom. The van der Waals surface area contributed by atoms with E-state index >= 15 is 0 Å². The number of carbonyl (C=O) groups excluding carboxylic acids is 1. The van der Waals surface area contributed by atoms with Gasteiger partial charge in [0.25, 0.3) is 0 Å². The second-order valence-electron chi connectivity index (χ2n) is 4.69. The van der Waals surface area contributed by atoms with Crippen molar-refractivity contribution in [2.45, 2.75) is 12.8 Å². The van der Waals surface area contributed by atoms with E-state index in [0.29, 0.717) is 17.9 Å². The van der Waals surface area contributed by atoms with Crippen molar-refractivity contribution in [1.82, 2.24) is 0 Å². The molecule has 0 aromatic heterocycles. The number of ketones is 1. The van der Waals surface area contributed by atoms with Gasteiger partial charge in [-0.15, -0.1) is 0 Å². The summed E-state index contributed by atoms with van der Waals surface area (Å²) in [4.78, 5) is 12.3. The Kier molecular flexibility index (Phi) is 3.22. The lowest BCUT2D eigenvalue weighted by molar-refractivity contribution is 0.0987. The molecule has 0 amide bonds. The Labute approximate surface area is 115 Å². The number of hydrogen-bond donors (Lipinski definition) is 0. The molecule has 0 unspecified atom stereocenters. The van der Waals surface area contributed by atoms with Crippen LogP contribution in [0.2, 0.25) is 0 Å². The van der Waals surface area contributed by atoms with E-state index in [1.165, 1.54) is 6.07 Å². The lowest BCUT2D eigenvalue weighted by Gasteiger charge is -2.08. The van der Waals surface area contributed by atoms with Crippen LogP contribution < -0.4 is 4.74 Å². The fraction of sp³-hybridized carbons (Fsp3) is 0.188. The Balaban J connectivity index is 1.93. The quantitative estimate of drug-likeness (QED) is 0.802. The number of halogens is 2. The Hall–Kier alpha value is -2.23. The summed E-state index contributed by atoms with van der Waals surface area (Å²) in [5.74, 6) is -1.19. The van der Waals surface area contributed by atoms with E-state index in [1.54, 1.807) is 12.1 Å². The first-order valence-corrected chi connectivity index (χ1v) is 6.37. The molecule has 1 heterocycles. The Bertz CT molecular complexity index is 660. The summed E-state index contributed by atoms with van der Waals surface area (Å²) in [6.45, 7) is 0.535. The van der Waals surface area contributed by atoms with Gasteiger partial charge >= 0.3 is 0 Å². The zero-order valence-electron chi connectivity index (χ0n) is 10.7. The predicted octanol–water partition coefficient (Wildman–Crippen LogP) is 3.33. The second-order valence-corrected chi connectivity index (χ2v) is 4.69. The molecule has 2 aromatic carbocycles. The highest BCUT2D eigenvalue weighted by Crippen LogP contribution is 2.30. The molecule has 0 radical (unpaired) electrons. The van der Waals surface area contributed by atoms with Gasteiger partial charge in [-0.3, -0.25) is 4.79 Å². The van der Waals surface area contributed by atoms with Crippen LogP contribution in [0.25, 0.3) is 0 Å². The van der Waals surface area contributed by atoms with Crippen molar-refractivity contribution in [1.29, 1.82) is 0 Å². The highest BCUT2D eigenvalue weighted by molar-refractivity contribution is 6.00. The summed E-state index contributed by atoms with van der Waals surface area (Å²) in [6.07, 6.45) is 0.447. The van der Waals surface area contributed by atoms with E-state index < -0.39 is 11.6 Å². The standard InChI is InChI=1S/C16H12F2O2/c17-13-5-2-6-14(18)12(13)9-15(19)11-4-1-3-10-7-8-20-16(10)11/h1-6H,7-9H2. The molecule has 102 valence electrons. The maximum absolute atomic E-state index is 13.6. The maximum Gasteiger partial charge on any atom is 0.171 e. The first kappa shape index (κ1) is 12.8. The van der Waals surface area contributed by atoms with Gasteiger partial charge in [0.2, 0.25) is 0 Å². The molecule has 3 rings (SSSR count). The van der Waals surface area contributed by atoms with Gasteiger partial charge in [-0.05, 0) is 23.8 Å². The van der Waals surface area contributed by atoms with Crippen molar-refractivity contribution < 1.29 is 18.3 Å². The third-order valence-electron chi connectivity index (χ3n) is 3.41. The fourth-order valence-electron chi connectivity index (χ4n) is 2.39. The van der Waals surface area contributed by atoms with Gasteiger partial charge in [-0.25, -0.2) is 8.78 Å². The fourth-order valence-corrected chi connectivity index (χ4v) is 2.39. The monoisotopic (exact) mass is 274 g/mol. The minimum Gasteiger partial charge on any atom is -0.492 e. The van der Waals surface area contributed by atoms with Crippen LogP contribution in [0.15, 0.2) is 36.4 Å². The average Bonchev–Trinajstić information content (AvgIpc) is 2.91. The van der Waals surface area contributed by atoms with Crippen molar-refractivity contribution in [3.8, 4) is 5.75 Å². The molecule has 0 N–H and O–H groups in total. The average molecular weight is 274 g/mol. The van der Waals surface area contributed by atoms with Crippen LogP contribution in [-0.4, -0.2) is 12.4 Å². The first-order valence-electron chi connectivity index (χ1n) is 6.37. The SMILES string of the molecule is O=C(Cc1c(F)cccc1F)c1cccc2c1OCC2. The number of hydrogen-bond acceptors (Lipinski definition) is 2. The normalized spacial score (nSPS) is 12.9. The van der Waals surface area contributed by atoms with E-state index in [-0.39, 0.29) is 17.8 Å².